The molecule has 6 heteroatoms. The Bertz CT molecular complexity index is 8250. The SMILES string of the molecule is Cc1cc(C)c2sc3c(-c4ccc(-c5ccc6c7ccccc7c7ccccc7c6n5)cc4)cc(C)cc3c2c1.Cc1cc(C)c2sc3c(-c4ccc(-c5ccc6c7ccccc7c7ccccc7c6n5)cc4)cc(C)cc3c2c1.c1ccc(-c2cccc3c2sc2c(-c4ccccc4-c4ccc5c6ccccc6c6ccccc6c5n4)cccc23)cc1. The minimum atomic E-state index is 0.992. The highest BCUT2D eigenvalue weighted by Crippen LogP contribution is 2.50. The van der Waals surface area contributed by atoms with E-state index in [4.69, 9.17) is 15.0 Å². The van der Waals surface area contributed by atoms with E-state index in [1.807, 2.05) is 34.0 Å². The monoisotopic (exact) mass is 1620 g/mol. The number of aryl methyl sites for hydroxylation is 6. The van der Waals surface area contributed by atoms with E-state index in [-0.39, 0.29) is 0 Å². The standard InChI is InChI=1S/C41H25NS.2C38H27NS/c1-2-12-26(13-3-1)27-20-10-22-36-37-23-11-21-35(41(37)43-40(27)36)31-17-6-8-18-32(31)38-25-24-34-30-16-5-4-14-28(30)29-15-7-9-19-33(29)39(34)42-38;2*1-22-18-24(3)37-33(20-22)34-21-23(2)19-32(38(34)40-37)25-12-14-26(15-13-25)35-17-16-31-29-10-5-4-8-27(29)28-9-6-7-11-30(28)36(31)39-35/h1-25H;2*4-21H,1-3H3. The molecule has 6 heterocycles. The van der Waals surface area contributed by atoms with Crippen LogP contribution in [-0.4, -0.2) is 15.0 Å². The number of rotatable bonds is 7. The Morgan fingerprint density at radius 3 is 0.821 bits per heavy atom. The zero-order chi connectivity index (χ0) is 82.2. The van der Waals surface area contributed by atoms with Gasteiger partial charge in [-0.2, -0.15) is 0 Å². The second kappa shape index (κ2) is 29.8. The number of pyridine rings is 3. The molecule has 0 radical (unpaired) electrons. The average Bonchev–Trinajstić information content (AvgIpc) is 1.66. The summed E-state index contributed by atoms with van der Waals surface area (Å²) in [6.07, 6.45) is 0. The highest BCUT2D eigenvalue weighted by atomic mass is 32.1. The first-order valence-corrected chi connectivity index (χ1v) is 44.7. The van der Waals surface area contributed by atoms with E-state index in [0.717, 1.165) is 50.3 Å². The molecule has 0 amide bonds. The van der Waals surface area contributed by atoms with Gasteiger partial charge in [-0.3, -0.25) is 0 Å². The zero-order valence-electron chi connectivity index (χ0n) is 68.8. The molecular formula is C117H79N3S3. The molecule has 580 valence electrons. The van der Waals surface area contributed by atoms with E-state index in [1.165, 1.54) is 219 Å². The Kier molecular flexibility index (Phi) is 17.9. The van der Waals surface area contributed by atoms with Crippen molar-refractivity contribution in [2.24, 2.45) is 0 Å². The van der Waals surface area contributed by atoms with Crippen molar-refractivity contribution in [3.05, 3.63) is 403 Å². The van der Waals surface area contributed by atoms with Crippen molar-refractivity contribution in [1.29, 1.82) is 0 Å². The minimum Gasteiger partial charge on any atom is -0.247 e. The van der Waals surface area contributed by atoms with Gasteiger partial charge in [0.1, 0.15) is 0 Å². The molecule has 0 fully saturated rings. The fourth-order valence-electron chi connectivity index (χ4n) is 19.6. The molecule has 0 aliphatic rings. The Morgan fingerprint density at radius 2 is 0.415 bits per heavy atom. The topological polar surface area (TPSA) is 38.7 Å². The second-order valence-electron chi connectivity index (χ2n) is 33.1. The lowest BCUT2D eigenvalue weighted by atomic mass is 9.94. The smallest absolute Gasteiger partial charge is 0.0794 e. The molecule has 25 aromatic rings. The van der Waals surface area contributed by atoms with Gasteiger partial charge in [0.25, 0.3) is 0 Å². The van der Waals surface area contributed by atoms with Crippen molar-refractivity contribution >= 4 is 192 Å². The van der Waals surface area contributed by atoms with Crippen molar-refractivity contribution in [2.45, 2.75) is 41.5 Å². The lowest BCUT2D eigenvalue weighted by Gasteiger charge is -2.13. The molecule has 6 aromatic heterocycles. The maximum Gasteiger partial charge on any atom is 0.0794 e. The number of hydrogen-bond donors (Lipinski definition) is 0. The quantitative estimate of drug-likeness (QED) is 0.149. The van der Waals surface area contributed by atoms with Crippen LogP contribution in [0.25, 0.3) is 236 Å². The lowest BCUT2D eigenvalue weighted by Crippen LogP contribution is -1.91. The van der Waals surface area contributed by atoms with Gasteiger partial charge >= 0.3 is 0 Å². The van der Waals surface area contributed by atoms with Gasteiger partial charge in [-0.1, -0.05) is 308 Å². The predicted molar refractivity (Wildman–Crippen MR) is 535 cm³/mol. The summed E-state index contributed by atoms with van der Waals surface area (Å²) in [5.74, 6) is 0. The van der Waals surface area contributed by atoms with Gasteiger partial charge < -0.3 is 0 Å². The highest BCUT2D eigenvalue weighted by molar-refractivity contribution is 7.27. The number of nitrogens with zero attached hydrogens (tertiary/aromatic N) is 3. The van der Waals surface area contributed by atoms with E-state index < -0.39 is 0 Å². The summed E-state index contributed by atoms with van der Waals surface area (Å²) >= 11 is 5.73. The molecule has 0 aliphatic heterocycles. The molecular weight excluding hydrogens is 1540 g/mol. The Morgan fingerprint density at radius 1 is 0.154 bits per heavy atom. The molecule has 0 spiro atoms. The normalized spacial score (nSPS) is 11.8. The van der Waals surface area contributed by atoms with Crippen molar-refractivity contribution < 1.29 is 0 Å². The Balaban J connectivity index is 0.000000107. The second-order valence-corrected chi connectivity index (χ2v) is 36.1. The molecule has 19 aromatic carbocycles. The summed E-state index contributed by atoms with van der Waals surface area (Å²) in [6, 6.07) is 135. The molecule has 25 rings (SSSR count). The van der Waals surface area contributed by atoms with Crippen LogP contribution in [-0.2, 0) is 0 Å². The molecule has 0 saturated heterocycles. The fourth-order valence-corrected chi connectivity index (χ4v) is 23.5. The first-order chi connectivity index (χ1) is 60.4. The highest BCUT2D eigenvalue weighted by Gasteiger charge is 2.22. The summed E-state index contributed by atoms with van der Waals surface area (Å²) in [5, 5.41) is 26.6. The van der Waals surface area contributed by atoms with Crippen LogP contribution < -0.4 is 0 Å². The van der Waals surface area contributed by atoms with Crippen LogP contribution in [0, 0.1) is 41.5 Å². The predicted octanol–water partition coefficient (Wildman–Crippen LogP) is 34.2. The number of fused-ring (bicyclic) bond motifs is 27. The summed E-state index contributed by atoms with van der Waals surface area (Å²) in [4.78, 5) is 15.9. The van der Waals surface area contributed by atoms with E-state index in [1.54, 1.807) is 0 Å². The number of hydrogen-bond acceptors (Lipinski definition) is 6. The molecule has 0 bridgehead atoms. The van der Waals surface area contributed by atoms with Crippen LogP contribution in [0.1, 0.15) is 33.4 Å². The number of benzene rings is 19. The van der Waals surface area contributed by atoms with Crippen LogP contribution in [0.2, 0.25) is 0 Å². The van der Waals surface area contributed by atoms with Gasteiger partial charge in [0.15, 0.2) is 0 Å². The largest absolute Gasteiger partial charge is 0.247 e. The third kappa shape index (κ3) is 12.5. The van der Waals surface area contributed by atoms with Crippen molar-refractivity contribution in [3.8, 4) is 78.3 Å². The van der Waals surface area contributed by atoms with E-state index in [0.29, 0.717) is 0 Å². The van der Waals surface area contributed by atoms with Gasteiger partial charge in [0.05, 0.1) is 33.6 Å². The maximum atomic E-state index is 5.39. The summed E-state index contributed by atoms with van der Waals surface area (Å²) in [5.41, 5.74) is 27.6. The van der Waals surface area contributed by atoms with Gasteiger partial charge in [0.2, 0.25) is 0 Å². The van der Waals surface area contributed by atoms with Crippen LogP contribution in [0.5, 0.6) is 0 Å². The van der Waals surface area contributed by atoms with Gasteiger partial charge in [-0.25, -0.2) is 15.0 Å². The fraction of sp³-hybridized carbons (Fsp3) is 0.0513. The molecule has 0 unspecified atom stereocenters. The molecule has 0 N–H and O–H groups in total. The molecule has 0 atom stereocenters. The average molecular weight is 1620 g/mol. The molecule has 123 heavy (non-hydrogen) atoms. The van der Waals surface area contributed by atoms with Crippen molar-refractivity contribution in [2.75, 3.05) is 0 Å². The Hall–Kier alpha value is -14.4. The van der Waals surface area contributed by atoms with Crippen LogP contribution >= 0.6 is 34.0 Å². The van der Waals surface area contributed by atoms with Crippen LogP contribution in [0.4, 0.5) is 0 Å². The summed E-state index contributed by atoms with van der Waals surface area (Å²) in [6.45, 7) is 13.3. The first kappa shape index (κ1) is 73.7. The third-order valence-electron chi connectivity index (χ3n) is 25.1. The van der Waals surface area contributed by atoms with E-state index in [2.05, 4.69) is 412 Å². The minimum absolute atomic E-state index is 0.992. The van der Waals surface area contributed by atoms with Gasteiger partial charge in [-0.05, 0) is 224 Å². The Labute approximate surface area is 724 Å². The van der Waals surface area contributed by atoms with Crippen molar-refractivity contribution in [3.63, 3.8) is 0 Å². The molecule has 0 saturated carbocycles. The van der Waals surface area contributed by atoms with Crippen LogP contribution in [0.3, 0.4) is 0 Å². The van der Waals surface area contributed by atoms with Crippen LogP contribution in [0.15, 0.2) is 370 Å². The summed E-state index contributed by atoms with van der Waals surface area (Å²) < 4.78 is 8.16. The zero-order valence-corrected chi connectivity index (χ0v) is 71.2. The lowest BCUT2D eigenvalue weighted by molar-refractivity contribution is 1.41. The molecule has 0 aliphatic carbocycles. The molecule has 3 nitrogen and oxygen atoms in total. The van der Waals surface area contributed by atoms with Crippen molar-refractivity contribution in [1.82, 2.24) is 15.0 Å². The maximum absolute atomic E-state index is 5.39. The number of thiophene rings is 3. The number of aromatic nitrogens is 3. The van der Waals surface area contributed by atoms with E-state index >= 15 is 0 Å². The van der Waals surface area contributed by atoms with Gasteiger partial charge in [0, 0.05) is 115 Å². The van der Waals surface area contributed by atoms with Gasteiger partial charge in [-0.15, -0.1) is 34.0 Å². The third-order valence-corrected chi connectivity index (χ3v) is 29.2. The first-order valence-electron chi connectivity index (χ1n) is 42.3. The summed E-state index contributed by atoms with van der Waals surface area (Å²) in [7, 11) is 0. The van der Waals surface area contributed by atoms with E-state index in [9.17, 15) is 0 Å².